The molecule has 6 heteroatoms. The van der Waals surface area contributed by atoms with E-state index in [9.17, 15) is 9.90 Å². The van der Waals surface area contributed by atoms with Gasteiger partial charge in [-0.15, -0.1) is 0 Å². The van der Waals surface area contributed by atoms with Crippen molar-refractivity contribution in [3.8, 4) is 0 Å². The molecule has 0 bridgehead atoms. The minimum absolute atomic E-state index is 0.165. The molecule has 100 valence electrons. The minimum Gasteiger partial charge on any atom is -0.397 e. The molecule has 18 heavy (non-hydrogen) atoms. The van der Waals surface area contributed by atoms with Gasteiger partial charge in [0.1, 0.15) is 0 Å². The Bertz CT molecular complexity index is 426. The molecule has 3 N–H and O–H groups in total. The molecule has 5 nitrogen and oxygen atoms in total. The van der Waals surface area contributed by atoms with Crippen LogP contribution in [-0.4, -0.2) is 49.3 Å². The molecule has 0 fully saturated rings. The molecule has 1 rings (SSSR count). The van der Waals surface area contributed by atoms with Gasteiger partial charge in [0.25, 0.3) is 5.91 Å². The van der Waals surface area contributed by atoms with Crippen molar-refractivity contribution < 1.29 is 14.6 Å². The quantitative estimate of drug-likeness (QED) is 0.784. The summed E-state index contributed by atoms with van der Waals surface area (Å²) in [6, 6.07) is 4.88. The van der Waals surface area contributed by atoms with Crippen LogP contribution in [0.15, 0.2) is 18.2 Å². The first kappa shape index (κ1) is 14.8. The van der Waals surface area contributed by atoms with Gasteiger partial charge in [0.05, 0.1) is 29.0 Å². The number of nitrogen functional groups attached to an aromatic ring is 1. The molecule has 0 aromatic heterocycles. The van der Waals surface area contributed by atoms with Gasteiger partial charge >= 0.3 is 0 Å². The van der Waals surface area contributed by atoms with Crippen LogP contribution in [0.3, 0.4) is 0 Å². The van der Waals surface area contributed by atoms with E-state index in [1.807, 2.05) is 0 Å². The minimum atomic E-state index is -0.732. The lowest BCUT2D eigenvalue weighted by Crippen LogP contribution is -2.36. The third-order valence-corrected chi connectivity index (χ3v) is 2.80. The zero-order valence-electron chi connectivity index (χ0n) is 10.4. The lowest BCUT2D eigenvalue weighted by molar-refractivity contribution is 0.0380. The zero-order chi connectivity index (χ0) is 13.7. The lowest BCUT2D eigenvalue weighted by Gasteiger charge is -2.21. The van der Waals surface area contributed by atoms with E-state index >= 15 is 0 Å². The van der Waals surface area contributed by atoms with Crippen LogP contribution >= 0.6 is 11.6 Å². The second kappa shape index (κ2) is 6.58. The summed E-state index contributed by atoms with van der Waals surface area (Å²) < 4.78 is 4.80. The average Bonchev–Trinajstić information content (AvgIpc) is 2.32. The second-order valence-electron chi connectivity index (χ2n) is 4.00. The number of ether oxygens (including phenoxy) is 1. The average molecular weight is 273 g/mol. The van der Waals surface area contributed by atoms with Gasteiger partial charge in [-0.1, -0.05) is 17.7 Å². The fraction of sp³-hybridized carbons (Fsp3) is 0.417. The lowest BCUT2D eigenvalue weighted by atomic mass is 10.1. The maximum Gasteiger partial charge on any atom is 0.255 e. The highest BCUT2D eigenvalue weighted by atomic mass is 35.5. The van der Waals surface area contributed by atoms with Crippen LogP contribution in [0.5, 0.6) is 0 Å². The third kappa shape index (κ3) is 3.60. The molecule has 0 heterocycles. The number of aliphatic hydroxyl groups excluding tert-OH is 1. The molecular formula is C12H17ClN2O3. The van der Waals surface area contributed by atoms with Crippen molar-refractivity contribution in [2.24, 2.45) is 0 Å². The predicted molar refractivity (Wildman–Crippen MR) is 70.7 cm³/mol. The van der Waals surface area contributed by atoms with Crippen molar-refractivity contribution in [1.29, 1.82) is 0 Å². The number of hydrogen-bond acceptors (Lipinski definition) is 4. The van der Waals surface area contributed by atoms with Crippen LogP contribution in [0.1, 0.15) is 10.4 Å². The van der Waals surface area contributed by atoms with Crippen molar-refractivity contribution in [3.63, 3.8) is 0 Å². The number of carbonyl (C=O) groups excluding carboxylic acids is 1. The number of hydrogen-bond donors (Lipinski definition) is 2. The van der Waals surface area contributed by atoms with E-state index in [2.05, 4.69) is 0 Å². The molecule has 0 saturated carbocycles. The summed E-state index contributed by atoms with van der Waals surface area (Å²) >= 11 is 5.85. The van der Waals surface area contributed by atoms with Gasteiger partial charge in [-0.2, -0.15) is 0 Å². The van der Waals surface area contributed by atoms with Gasteiger partial charge in [0.15, 0.2) is 0 Å². The fourth-order valence-electron chi connectivity index (χ4n) is 1.57. The number of aliphatic hydroxyl groups is 1. The van der Waals surface area contributed by atoms with Crippen molar-refractivity contribution >= 4 is 23.2 Å². The first-order valence-corrected chi connectivity index (χ1v) is 5.81. The van der Waals surface area contributed by atoms with Gasteiger partial charge in [-0.25, -0.2) is 0 Å². The highest BCUT2D eigenvalue weighted by Gasteiger charge is 2.18. The molecule has 1 atom stereocenters. The van der Waals surface area contributed by atoms with Crippen molar-refractivity contribution in [1.82, 2.24) is 4.90 Å². The molecule has 1 amide bonds. The number of rotatable bonds is 5. The Hall–Kier alpha value is -1.30. The summed E-state index contributed by atoms with van der Waals surface area (Å²) in [4.78, 5) is 13.5. The number of halogens is 1. The van der Waals surface area contributed by atoms with Crippen LogP contribution in [0.25, 0.3) is 0 Å². The van der Waals surface area contributed by atoms with E-state index in [1.54, 1.807) is 25.2 Å². The van der Waals surface area contributed by atoms with Gasteiger partial charge in [-0.3, -0.25) is 4.79 Å². The van der Waals surface area contributed by atoms with Gasteiger partial charge in [0.2, 0.25) is 0 Å². The summed E-state index contributed by atoms with van der Waals surface area (Å²) in [6.45, 7) is 0.335. The standard InChI is InChI=1S/C12H17ClN2O3/c1-15(6-8(16)7-18-2)12(17)9-4-3-5-10(13)11(9)14/h3-5,8,16H,6-7,14H2,1-2H3. The Morgan fingerprint density at radius 1 is 1.61 bits per heavy atom. The summed E-state index contributed by atoms with van der Waals surface area (Å²) in [5, 5.41) is 9.90. The molecule has 0 aliphatic rings. The first-order chi connectivity index (χ1) is 8.47. The number of benzene rings is 1. The van der Waals surface area contributed by atoms with Gasteiger partial charge < -0.3 is 20.5 Å². The molecule has 1 unspecified atom stereocenters. The van der Waals surface area contributed by atoms with Crippen LogP contribution in [-0.2, 0) is 4.74 Å². The number of nitrogens with zero attached hydrogens (tertiary/aromatic N) is 1. The molecular weight excluding hydrogens is 256 g/mol. The summed E-state index contributed by atoms with van der Waals surface area (Å²) in [6.07, 6.45) is -0.732. The second-order valence-corrected chi connectivity index (χ2v) is 4.40. The normalized spacial score (nSPS) is 12.2. The van der Waals surface area contributed by atoms with Crippen molar-refractivity contribution in [2.45, 2.75) is 6.10 Å². The van der Waals surface area contributed by atoms with Gasteiger partial charge in [-0.05, 0) is 12.1 Å². The van der Waals surface area contributed by atoms with Crippen LogP contribution < -0.4 is 5.73 Å². The Kier molecular flexibility index (Phi) is 5.40. The fourth-order valence-corrected chi connectivity index (χ4v) is 1.75. The summed E-state index contributed by atoms with van der Waals surface area (Å²) in [5.41, 5.74) is 6.32. The Balaban J connectivity index is 2.77. The van der Waals surface area contributed by atoms with Crippen molar-refractivity contribution in [2.75, 3.05) is 33.0 Å². The number of nitrogens with two attached hydrogens (primary N) is 1. The molecule has 1 aromatic carbocycles. The molecule has 0 saturated heterocycles. The van der Waals surface area contributed by atoms with Crippen LogP contribution in [0.4, 0.5) is 5.69 Å². The van der Waals surface area contributed by atoms with E-state index in [0.717, 1.165) is 0 Å². The predicted octanol–water partition coefficient (Wildman–Crippen LogP) is 1.00. The molecule has 1 aromatic rings. The van der Waals surface area contributed by atoms with Gasteiger partial charge in [0, 0.05) is 20.7 Å². The van der Waals surface area contributed by atoms with E-state index in [4.69, 9.17) is 22.1 Å². The van der Waals surface area contributed by atoms with Crippen molar-refractivity contribution in [3.05, 3.63) is 28.8 Å². The van der Waals surface area contributed by atoms with E-state index < -0.39 is 6.10 Å². The smallest absolute Gasteiger partial charge is 0.255 e. The third-order valence-electron chi connectivity index (χ3n) is 2.47. The topological polar surface area (TPSA) is 75.8 Å². The van der Waals surface area contributed by atoms with E-state index in [0.29, 0.717) is 10.6 Å². The van der Waals surface area contributed by atoms with E-state index in [1.165, 1.54) is 12.0 Å². The number of para-hydroxylation sites is 1. The number of methoxy groups -OCH3 is 1. The maximum absolute atomic E-state index is 12.1. The zero-order valence-corrected chi connectivity index (χ0v) is 11.1. The number of carbonyl (C=O) groups is 1. The maximum atomic E-state index is 12.1. The largest absolute Gasteiger partial charge is 0.397 e. The first-order valence-electron chi connectivity index (χ1n) is 5.43. The number of anilines is 1. The Morgan fingerprint density at radius 3 is 2.89 bits per heavy atom. The SMILES string of the molecule is COCC(O)CN(C)C(=O)c1cccc(Cl)c1N. The van der Waals surface area contributed by atoms with Crippen LogP contribution in [0.2, 0.25) is 5.02 Å². The summed E-state index contributed by atoms with van der Waals surface area (Å²) in [7, 11) is 3.07. The molecule has 0 aliphatic carbocycles. The monoisotopic (exact) mass is 272 g/mol. The molecule has 0 radical (unpaired) electrons. The Morgan fingerprint density at radius 2 is 2.28 bits per heavy atom. The highest BCUT2D eigenvalue weighted by Crippen LogP contribution is 2.23. The molecule has 0 aliphatic heterocycles. The highest BCUT2D eigenvalue weighted by molar-refractivity contribution is 6.33. The summed E-state index contributed by atoms with van der Waals surface area (Å²) in [5.74, 6) is -0.287. The molecule has 0 spiro atoms. The Labute approximate surface area is 111 Å². The number of amides is 1. The number of likely N-dealkylation sites (N-methyl/N-ethyl adjacent to an activating group) is 1. The van der Waals surface area contributed by atoms with E-state index in [-0.39, 0.29) is 24.7 Å². The van der Waals surface area contributed by atoms with Crippen LogP contribution in [0, 0.1) is 0 Å².